The summed E-state index contributed by atoms with van der Waals surface area (Å²) < 4.78 is 0. The molecule has 0 spiro atoms. The maximum atomic E-state index is 10.6. The Hall–Kier alpha value is -0.910. The number of aliphatic hydroxyl groups is 1. The third-order valence-corrected chi connectivity index (χ3v) is 4.90. The number of carbonyl (C=O) groups is 1. The van der Waals surface area contributed by atoms with Gasteiger partial charge in [0.15, 0.2) is 0 Å². The molecule has 0 aliphatic heterocycles. The highest BCUT2D eigenvalue weighted by Gasteiger charge is 2.04. The number of hydrogen-bond acceptors (Lipinski definition) is 4. The summed E-state index contributed by atoms with van der Waals surface area (Å²) in [6.45, 7) is 3.74. The highest BCUT2D eigenvalue weighted by molar-refractivity contribution is 8.02. The molecule has 1 aliphatic rings. The molecule has 0 amide bonds. The molecule has 0 aromatic carbocycles. The van der Waals surface area contributed by atoms with Gasteiger partial charge in [0.05, 0.1) is 6.61 Å². The van der Waals surface area contributed by atoms with Crippen LogP contribution in [-0.2, 0) is 4.79 Å². The van der Waals surface area contributed by atoms with Gasteiger partial charge in [0.2, 0.25) is 0 Å². The highest BCUT2D eigenvalue weighted by Crippen LogP contribution is 2.22. The maximum absolute atomic E-state index is 10.6. The third-order valence-electron chi connectivity index (χ3n) is 2.89. The van der Waals surface area contributed by atoms with Gasteiger partial charge in [-0.3, -0.25) is 0 Å². The van der Waals surface area contributed by atoms with Gasteiger partial charge in [0.25, 0.3) is 0 Å². The lowest BCUT2D eigenvalue weighted by molar-refractivity contribution is -0.132. The maximum Gasteiger partial charge on any atom is 0.330 e. The first-order valence-corrected chi connectivity index (χ1v) is 9.11. The fraction of sp³-hybridized carbons (Fsp3) is 0.438. The number of hydrogen-bond donors (Lipinski definition) is 2. The average Bonchev–Trinajstić information content (AvgIpc) is 2.48. The van der Waals surface area contributed by atoms with Gasteiger partial charge < -0.3 is 10.2 Å². The van der Waals surface area contributed by atoms with Crippen molar-refractivity contribution in [1.29, 1.82) is 0 Å². The topological polar surface area (TPSA) is 57.5 Å². The summed E-state index contributed by atoms with van der Waals surface area (Å²) in [5.74, 6) is 1.77. The lowest BCUT2D eigenvalue weighted by Gasteiger charge is -2.09. The normalized spacial score (nSPS) is 16.0. The van der Waals surface area contributed by atoms with Crippen LogP contribution in [0.5, 0.6) is 0 Å². The van der Waals surface area contributed by atoms with E-state index in [-0.39, 0.29) is 6.61 Å². The summed E-state index contributed by atoms with van der Waals surface area (Å²) in [5.41, 5.74) is 2.89. The lowest BCUT2D eigenvalue weighted by Crippen LogP contribution is -1.99. The minimum Gasteiger partial charge on any atom is -0.478 e. The number of allylic oxidation sites excluding steroid dienone is 4. The van der Waals surface area contributed by atoms with Crippen LogP contribution in [0.25, 0.3) is 0 Å². The smallest absolute Gasteiger partial charge is 0.330 e. The monoisotopic (exact) mass is 326 g/mol. The number of aliphatic hydroxyl groups excluding tert-OH is 1. The van der Waals surface area contributed by atoms with E-state index in [0.717, 1.165) is 30.1 Å². The number of aliphatic carboxylic acids is 1. The second-order valence-corrected chi connectivity index (χ2v) is 6.75. The minimum atomic E-state index is -0.892. The van der Waals surface area contributed by atoms with Crippen molar-refractivity contribution >= 4 is 29.5 Å². The molecule has 0 aromatic rings. The Labute approximate surface area is 134 Å². The van der Waals surface area contributed by atoms with Gasteiger partial charge >= 0.3 is 5.97 Å². The predicted octanol–water partition coefficient (Wildman–Crippen LogP) is 3.64. The van der Waals surface area contributed by atoms with Crippen molar-refractivity contribution in [2.24, 2.45) is 0 Å². The van der Waals surface area contributed by atoms with Gasteiger partial charge in [-0.05, 0) is 41.6 Å². The van der Waals surface area contributed by atoms with Crippen LogP contribution in [0.4, 0.5) is 0 Å². The van der Waals surface area contributed by atoms with E-state index in [9.17, 15) is 4.79 Å². The molecule has 0 bridgehead atoms. The second kappa shape index (κ2) is 10.8. The zero-order valence-corrected chi connectivity index (χ0v) is 13.7. The largest absolute Gasteiger partial charge is 0.478 e. The minimum absolute atomic E-state index is 0.212. The summed E-state index contributed by atoms with van der Waals surface area (Å²) in [4.78, 5) is 10.6. The SMILES string of the molecule is C=C(CCCSCC1=CCC(=CSCCO)C=C1)C(=O)O. The van der Waals surface area contributed by atoms with Gasteiger partial charge in [-0.15, -0.1) is 11.8 Å². The molecule has 0 heterocycles. The molecule has 0 aromatic heterocycles. The second-order valence-electron chi connectivity index (χ2n) is 4.67. The quantitative estimate of drug-likeness (QED) is 0.474. The summed E-state index contributed by atoms with van der Waals surface area (Å²) in [7, 11) is 0. The Kier molecular flexibility index (Phi) is 9.30. The zero-order chi connectivity index (χ0) is 15.5. The lowest BCUT2D eigenvalue weighted by atomic mass is 10.1. The van der Waals surface area contributed by atoms with Crippen molar-refractivity contribution in [2.75, 3.05) is 23.9 Å². The van der Waals surface area contributed by atoms with E-state index in [1.54, 1.807) is 11.8 Å². The van der Waals surface area contributed by atoms with Gasteiger partial charge in [0, 0.05) is 17.1 Å². The molecule has 116 valence electrons. The molecule has 1 aliphatic carbocycles. The summed E-state index contributed by atoms with van der Waals surface area (Å²) in [6, 6.07) is 0. The average molecular weight is 326 g/mol. The molecule has 0 atom stereocenters. The summed E-state index contributed by atoms with van der Waals surface area (Å²) in [6.07, 6.45) is 8.86. The molecular weight excluding hydrogens is 304 g/mol. The van der Waals surface area contributed by atoms with Crippen molar-refractivity contribution in [2.45, 2.75) is 19.3 Å². The van der Waals surface area contributed by atoms with Crippen molar-refractivity contribution < 1.29 is 15.0 Å². The molecule has 0 unspecified atom stereocenters. The van der Waals surface area contributed by atoms with E-state index in [1.165, 1.54) is 11.1 Å². The van der Waals surface area contributed by atoms with Crippen molar-refractivity contribution in [1.82, 2.24) is 0 Å². The number of carboxylic acids is 1. The van der Waals surface area contributed by atoms with Crippen molar-refractivity contribution in [3.63, 3.8) is 0 Å². The molecule has 21 heavy (non-hydrogen) atoms. The molecule has 0 fully saturated rings. The van der Waals surface area contributed by atoms with Gasteiger partial charge in [-0.2, -0.15) is 11.8 Å². The van der Waals surface area contributed by atoms with Crippen LogP contribution >= 0.6 is 23.5 Å². The van der Waals surface area contributed by atoms with E-state index in [2.05, 4.69) is 30.2 Å². The molecule has 0 radical (unpaired) electrons. The first kappa shape index (κ1) is 18.1. The van der Waals surface area contributed by atoms with Gasteiger partial charge in [-0.25, -0.2) is 4.79 Å². The molecule has 1 rings (SSSR count). The Balaban J connectivity index is 2.15. The van der Waals surface area contributed by atoms with E-state index in [0.29, 0.717) is 12.0 Å². The molecule has 0 saturated carbocycles. The zero-order valence-electron chi connectivity index (χ0n) is 12.1. The fourth-order valence-electron chi connectivity index (χ4n) is 1.70. The molecule has 3 nitrogen and oxygen atoms in total. The number of thioether (sulfide) groups is 2. The van der Waals surface area contributed by atoms with Crippen LogP contribution in [-0.4, -0.2) is 40.0 Å². The van der Waals surface area contributed by atoms with E-state index >= 15 is 0 Å². The van der Waals surface area contributed by atoms with Crippen molar-refractivity contribution in [3.05, 3.63) is 46.9 Å². The van der Waals surface area contributed by atoms with Gasteiger partial charge in [-0.1, -0.05) is 24.8 Å². The third kappa shape index (κ3) is 8.19. The van der Waals surface area contributed by atoms with Crippen LogP contribution in [0, 0.1) is 0 Å². The van der Waals surface area contributed by atoms with Crippen LogP contribution in [0.15, 0.2) is 46.9 Å². The van der Waals surface area contributed by atoms with Crippen LogP contribution in [0.1, 0.15) is 19.3 Å². The van der Waals surface area contributed by atoms with E-state index in [4.69, 9.17) is 10.2 Å². The first-order chi connectivity index (χ1) is 10.1. The van der Waals surface area contributed by atoms with Gasteiger partial charge in [0.1, 0.15) is 0 Å². The van der Waals surface area contributed by atoms with Crippen LogP contribution < -0.4 is 0 Å². The Morgan fingerprint density at radius 3 is 2.81 bits per heavy atom. The first-order valence-electron chi connectivity index (χ1n) is 6.91. The Bertz CT molecular complexity index is 450. The molecule has 5 heteroatoms. The highest BCUT2D eigenvalue weighted by atomic mass is 32.2. The summed E-state index contributed by atoms with van der Waals surface area (Å²) in [5, 5.41) is 19.5. The number of carboxylic acid groups (broad SMARTS) is 1. The molecular formula is C16H22O3S2. The van der Waals surface area contributed by atoms with E-state index in [1.807, 2.05) is 11.8 Å². The molecule has 0 saturated heterocycles. The van der Waals surface area contributed by atoms with E-state index < -0.39 is 5.97 Å². The molecule has 2 N–H and O–H groups in total. The standard InChI is InChI=1S/C16H22O3S2/c1-13(16(18)19)3-2-9-20-11-14-4-6-15(7-5-14)12-21-10-8-17/h4-6,12,17H,1-3,7-11H2,(H,18,19). The number of rotatable bonds is 10. The van der Waals surface area contributed by atoms with Crippen molar-refractivity contribution in [3.8, 4) is 0 Å². The summed E-state index contributed by atoms with van der Waals surface area (Å²) >= 11 is 3.46. The van der Waals surface area contributed by atoms with Crippen LogP contribution in [0.2, 0.25) is 0 Å². The Morgan fingerprint density at radius 1 is 1.38 bits per heavy atom. The van der Waals surface area contributed by atoms with Crippen LogP contribution in [0.3, 0.4) is 0 Å². The fourth-order valence-corrected chi connectivity index (χ4v) is 3.25. The Morgan fingerprint density at radius 2 is 2.19 bits per heavy atom. The predicted molar refractivity (Wildman–Crippen MR) is 92.8 cm³/mol.